The molecule has 0 saturated heterocycles. The topological polar surface area (TPSA) is 21.1 Å². The zero-order chi connectivity index (χ0) is 34.6. The second kappa shape index (κ2) is 11.0. The first-order valence-electron chi connectivity index (χ1n) is 18.3. The molecule has 2 aliphatic rings. The number of para-hydroxylation sites is 3. The molecule has 7 aromatic carbocycles. The number of aromatic nitrogens is 2. The summed E-state index contributed by atoms with van der Waals surface area (Å²) in [6.07, 6.45) is 3.35. The third kappa shape index (κ3) is 4.13. The fraction of sp³-hybridized carbons (Fsp3) is 0.0408. The molecule has 0 spiro atoms. The molecule has 0 N–H and O–H groups in total. The number of fused-ring (bicyclic) bond motifs is 13. The Bertz CT molecular complexity index is 3150. The van der Waals surface area contributed by atoms with Crippen molar-refractivity contribution in [2.75, 3.05) is 4.90 Å². The minimum Gasteiger partial charge on any atom is -0.316 e. The number of rotatable bonds is 3. The number of hydrogen-bond donors (Lipinski definition) is 0. The summed E-state index contributed by atoms with van der Waals surface area (Å²) in [5.41, 5.74) is 12.4. The molecule has 0 bridgehead atoms. The first-order valence-corrected chi connectivity index (χ1v) is 19.1. The van der Waals surface area contributed by atoms with Crippen molar-refractivity contribution in [3.63, 3.8) is 0 Å². The van der Waals surface area contributed by atoms with Gasteiger partial charge in [-0.05, 0) is 69.9 Å². The molecule has 0 radical (unpaired) electrons. The average Bonchev–Trinajstić information content (AvgIpc) is 3.88. The van der Waals surface area contributed by atoms with Crippen molar-refractivity contribution in [3.8, 4) is 16.8 Å². The van der Waals surface area contributed by atoms with Crippen LogP contribution in [0.25, 0.3) is 81.2 Å². The van der Waals surface area contributed by atoms with Gasteiger partial charge in [-0.3, -0.25) is 0 Å². The van der Waals surface area contributed by atoms with E-state index in [4.69, 9.17) is 4.98 Å². The number of anilines is 2. The van der Waals surface area contributed by atoms with Gasteiger partial charge in [-0.15, -0.1) is 11.3 Å². The van der Waals surface area contributed by atoms with Gasteiger partial charge in [0.05, 0.1) is 27.5 Å². The molecule has 53 heavy (non-hydrogen) atoms. The maximum atomic E-state index is 5.52. The Morgan fingerprint density at radius 2 is 1.34 bits per heavy atom. The largest absolute Gasteiger partial charge is 0.316 e. The van der Waals surface area contributed by atoms with Gasteiger partial charge < -0.3 is 9.47 Å². The van der Waals surface area contributed by atoms with Crippen molar-refractivity contribution < 1.29 is 0 Å². The predicted octanol–water partition coefficient (Wildman–Crippen LogP) is 13.0. The molecule has 0 saturated carbocycles. The number of nitrogens with zero attached hydrogens (tertiary/aromatic N) is 3. The molecule has 1 unspecified atom stereocenters. The second-order valence-electron chi connectivity index (χ2n) is 14.2. The zero-order valence-corrected chi connectivity index (χ0v) is 29.5. The summed E-state index contributed by atoms with van der Waals surface area (Å²) < 4.78 is 5.13. The molecule has 4 heterocycles. The zero-order valence-electron chi connectivity index (χ0n) is 28.7. The van der Waals surface area contributed by atoms with Gasteiger partial charge in [-0.2, -0.15) is 0 Å². The van der Waals surface area contributed by atoms with Crippen molar-refractivity contribution in [2.45, 2.75) is 12.5 Å². The monoisotopic (exact) mass is 693 g/mol. The Balaban J connectivity index is 1.18. The highest BCUT2D eigenvalue weighted by Crippen LogP contribution is 2.56. The Hall–Kier alpha value is -6.49. The molecule has 1 atom stereocenters. The fourth-order valence-electron chi connectivity index (χ4n) is 9.22. The van der Waals surface area contributed by atoms with Crippen LogP contribution in [0.1, 0.15) is 16.8 Å². The molecule has 12 rings (SSSR count). The van der Waals surface area contributed by atoms with Crippen LogP contribution in [0.15, 0.2) is 164 Å². The summed E-state index contributed by atoms with van der Waals surface area (Å²) in [7, 11) is 0. The van der Waals surface area contributed by atoms with Crippen LogP contribution in [0.2, 0.25) is 0 Å². The van der Waals surface area contributed by atoms with E-state index in [1.165, 1.54) is 92.1 Å². The minimum absolute atomic E-state index is 0.0640. The fourth-order valence-corrected chi connectivity index (χ4v) is 10.5. The van der Waals surface area contributed by atoms with Crippen LogP contribution in [0.3, 0.4) is 0 Å². The van der Waals surface area contributed by atoms with Crippen molar-refractivity contribution >= 4 is 87.2 Å². The van der Waals surface area contributed by atoms with E-state index in [1.807, 2.05) is 11.3 Å². The summed E-state index contributed by atoms with van der Waals surface area (Å²) in [6, 6.07) is 59.7. The van der Waals surface area contributed by atoms with Gasteiger partial charge in [0.1, 0.15) is 5.82 Å². The van der Waals surface area contributed by atoms with Gasteiger partial charge >= 0.3 is 0 Å². The maximum absolute atomic E-state index is 5.52. The van der Waals surface area contributed by atoms with Gasteiger partial charge in [-0.1, -0.05) is 127 Å². The Morgan fingerprint density at radius 1 is 0.604 bits per heavy atom. The van der Waals surface area contributed by atoms with Crippen molar-refractivity contribution in [1.29, 1.82) is 0 Å². The molecular formula is C49H31N3S. The van der Waals surface area contributed by atoms with Crippen LogP contribution in [-0.2, 0) is 6.42 Å². The third-order valence-electron chi connectivity index (χ3n) is 11.5. The predicted molar refractivity (Wildman–Crippen MR) is 225 cm³/mol. The summed E-state index contributed by atoms with van der Waals surface area (Å²) in [6.45, 7) is 0. The highest BCUT2D eigenvalue weighted by atomic mass is 32.1. The molecule has 3 nitrogen and oxygen atoms in total. The first-order chi connectivity index (χ1) is 26.3. The quantitative estimate of drug-likeness (QED) is 0.184. The van der Waals surface area contributed by atoms with Crippen LogP contribution < -0.4 is 4.90 Å². The lowest BCUT2D eigenvalue weighted by molar-refractivity contribution is 0.766. The van der Waals surface area contributed by atoms with Gasteiger partial charge in [0.25, 0.3) is 0 Å². The Kier molecular flexibility index (Phi) is 6.05. The molecule has 4 heteroatoms. The summed E-state index contributed by atoms with van der Waals surface area (Å²) >= 11 is 1.92. The molecular weight excluding hydrogens is 663 g/mol. The number of thiophene rings is 1. The smallest absolute Gasteiger partial charge is 0.134 e. The summed E-state index contributed by atoms with van der Waals surface area (Å²) in [5.74, 6) is 0.984. The molecule has 3 aromatic heterocycles. The van der Waals surface area contributed by atoms with Crippen LogP contribution in [0.4, 0.5) is 11.5 Å². The van der Waals surface area contributed by atoms with E-state index in [-0.39, 0.29) is 6.04 Å². The second-order valence-corrected chi connectivity index (χ2v) is 15.3. The number of pyridine rings is 1. The van der Waals surface area contributed by atoms with E-state index in [2.05, 4.69) is 179 Å². The SMILES string of the molecule is C1=C2c3ccc4c(sc5ccc6ccccc6c54)c3N(c3cc(-c4ccccc4)c4ccccc4n3)C2Cc2c1c1ccccc1n2-c1ccccc1. The summed E-state index contributed by atoms with van der Waals surface area (Å²) in [5, 5.41) is 7.70. The van der Waals surface area contributed by atoms with E-state index in [9.17, 15) is 0 Å². The summed E-state index contributed by atoms with van der Waals surface area (Å²) in [4.78, 5) is 8.11. The van der Waals surface area contributed by atoms with Gasteiger partial charge in [0, 0.05) is 55.2 Å². The van der Waals surface area contributed by atoms with Crippen LogP contribution in [0.5, 0.6) is 0 Å². The van der Waals surface area contributed by atoms with E-state index < -0.39 is 0 Å². The van der Waals surface area contributed by atoms with Crippen molar-refractivity contribution in [3.05, 3.63) is 181 Å². The molecule has 10 aromatic rings. The maximum Gasteiger partial charge on any atom is 0.134 e. The van der Waals surface area contributed by atoms with E-state index >= 15 is 0 Å². The molecule has 248 valence electrons. The van der Waals surface area contributed by atoms with Gasteiger partial charge in [0.15, 0.2) is 0 Å². The lowest BCUT2D eigenvalue weighted by atomic mass is 9.89. The van der Waals surface area contributed by atoms with Crippen molar-refractivity contribution in [1.82, 2.24) is 9.55 Å². The normalized spacial score (nSPS) is 15.0. The van der Waals surface area contributed by atoms with Crippen LogP contribution in [-0.4, -0.2) is 15.6 Å². The third-order valence-corrected chi connectivity index (χ3v) is 12.7. The lowest BCUT2D eigenvalue weighted by Crippen LogP contribution is -2.32. The van der Waals surface area contributed by atoms with Crippen molar-refractivity contribution in [2.24, 2.45) is 0 Å². The molecule has 0 amide bonds. The minimum atomic E-state index is 0.0640. The highest BCUT2D eigenvalue weighted by Gasteiger charge is 2.41. The highest BCUT2D eigenvalue weighted by molar-refractivity contribution is 7.26. The van der Waals surface area contributed by atoms with E-state index in [0.29, 0.717) is 0 Å². The molecule has 1 aliphatic heterocycles. The first kappa shape index (κ1) is 29.1. The lowest BCUT2D eigenvalue weighted by Gasteiger charge is -2.31. The Labute approximate surface area is 310 Å². The van der Waals surface area contributed by atoms with Crippen LogP contribution >= 0.6 is 11.3 Å². The van der Waals surface area contributed by atoms with Crippen LogP contribution in [0, 0.1) is 0 Å². The van der Waals surface area contributed by atoms with E-state index in [0.717, 1.165) is 17.8 Å². The number of benzene rings is 7. The van der Waals surface area contributed by atoms with E-state index in [1.54, 1.807) is 0 Å². The molecule has 0 fully saturated rings. The van der Waals surface area contributed by atoms with Gasteiger partial charge in [0.2, 0.25) is 0 Å². The Morgan fingerprint density at radius 3 is 2.21 bits per heavy atom. The van der Waals surface area contributed by atoms with Gasteiger partial charge in [-0.25, -0.2) is 4.98 Å². The number of hydrogen-bond acceptors (Lipinski definition) is 3. The molecule has 1 aliphatic carbocycles. The standard InChI is InChI=1S/C49H31N3S/c1-3-13-30(14-4-1)38-28-46(50-41-21-11-9-19-34(38)41)52-44-29-43-39(35-20-10-12-22-42(35)51(43)32-16-5-2-6-17-32)27-40(44)36-24-25-37-47-33-18-8-7-15-31(33)23-26-45(47)53-49(37)48(36)52/h1-28,44H,29H2. The average molecular weight is 694 g/mol.